The molecular formula is C38H60O12. The second-order valence-electron chi connectivity index (χ2n) is 15.7. The van der Waals surface area contributed by atoms with Gasteiger partial charge in [0, 0.05) is 45.1 Å². The normalized spacial score (nSPS) is 42.6. The Morgan fingerprint density at radius 2 is 1.68 bits per heavy atom. The van der Waals surface area contributed by atoms with Crippen LogP contribution in [0, 0.1) is 10.8 Å². The molecule has 3 saturated heterocycles. The summed E-state index contributed by atoms with van der Waals surface area (Å²) in [5.41, 5.74) is -0.173. The molecule has 11 unspecified atom stereocenters. The number of esters is 2. The molecule has 4 aliphatic heterocycles. The lowest BCUT2D eigenvalue weighted by Gasteiger charge is -2.53. The van der Waals surface area contributed by atoms with Gasteiger partial charge in [-0.15, -0.1) is 0 Å². The standard InChI is InChI=1S/C38H60O12/c1-10-24-14-27-12-13-35(5,6)38(44)34(45-9)25(11-2)16-28(50-38)19-31(22(3)39)48-33(42)18-26(41)17-29-20-32(46-23(4)40)36(7,8)37(43,49-29)21-30(15-24)47-27/h10-13,22,26-32,34,39,41,43-44H,14-21H2,1-9H3/b13-12+,24-10?,25-11?. The van der Waals surface area contributed by atoms with E-state index in [1.165, 1.54) is 21.0 Å². The van der Waals surface area contributed by atoms with Gasteiger partial charge in [-0.2, -0.15) is 0 Å². The summed E-state index contributed by atoms with van der Waals surface area (Å²) in [4.78, 5) is 25.4. The van der Waals surface area contributed by atoms with Crippen molar-refractivity contribution in [3.8, 4) is 0 Å². The van der Waals surface area contributed by atoms with Gasteiger partial charge in [-0.25, -0.2) is 0 Å². The fourth-order valence-corrected chi connectivity index (χ4v) is 7.91. The van der Waals surface area contributed by atoms with Gasteiger partial charge in [0.2, 0.25) is 5.79 Å². The van der Waals surface area contributed by atoms with E-state index in [0.717, 1.165) is 11.1 Å². The first-order valence-electron chi connectivity index (χ1n) is 18.0. The summed E-state index contributed by atoms with van der Waals surface area (Å²) in [6.45, 7) is 13.9. The van der Waals surface area contributed by atoms with Crippen LogP contribution in [-0.2, 0) is 38.0 Å². The van der Waals surface area contributed by atoms with Crippen molar-refractivity contribution in [2.24, 2.45) is 10.8 Å². The summed E-state index contributed by atoms with van der Waals surface area (Å²) >= 11 is 0. The zero-order valence-electron chi connectivity index (χ0n) is 31.2. The molecule has 0 aromatic carbocycles. The van der Waals surface area contributed by atoms with E-state index in [2.05, 4.69) is 0 Å². The average Bonchev–Trinajstić information content (AvgIpc) is 3.01. The molecule has 0 aliphatic carbocycles. The van der Waals surface area contributed by atoms with Gasteiger partial charge in [0.1, 0.15) is 18.3 Å². The van der Waals surface area contributed by atoms with Crippen LogP contribution in [-0.4, -0.2) is 106 Å². The summed E-state index contributed by atoms with van der Waals surface area (Å²) in [5.74, 6) is -4.94. The fourth-order valence-electron chi connectivity index (χ4n) is 7.91. The molecule has 12 nitrogen and oxygen atoms in total. The monoisotopic (exact) mass is 708 g/mol. The van der Waals surface area contributed by atoms with Crippen molar-refractivity contribution in [2.45, 2.75) is 173 Å². The first-order valence-corrected chi connectivity index (χ1v) is 18.0. The highest BCUT2D eigenvalue weighted by atomic mass is 16.7. The van der Waals surface area contributed by atoms with Crippen LogP contribution >= 0.6 is 0 Å². The number of allylic oxidation sites excluding steroid dienone is 2. The zero-order valence-corrected chi connectivity index (χ0v) is 31.2. The van der Waals surface area contributed by atoms with Gasteiger partial charge in [0.05, 0.1) is 48.5 Å². The lowest BCUT2D eigenvalue weighted by Crippen LogP contribution is -2.62. The number of fused-ring (bicyclic) bond motifs is 6. The predicted molar refractivity (Wildman–Crippen MR) is 183 cm³/mol. The Balaban J connectivity index is 1.78. The molecule has 6 bridgehead atoms. The number of methoxy groups -OCH3 is 1. The van der Waals surface area contributed by atoms with E-state index in [1.807, 2.05) is 52.0 Å². The van der Waals surface area contributed by atoms with E-state index < -0.39 is 95.7 Å². The van der Waals surface area contributed by atoms with Gasteiger partial charge in [-0.1, -0.05) is 57.6 Å². The van der Waals surface area contributed by atoms with Crippen molar-refractivity contribution < 1.29 is 58.4 Å². The van der Waals surface area contributed by atoms with Crippen molar-refractivity contribution in [1.29, 1.82) is 0 Å². The summed E-state index contributed by atoms with van der Waals surface area (Å²) in [5, 5.41) is 46.4. The lowest BCUT2D eigenvalue weighted by molar-refractivity contribution is -0.348. The molecule has 4 rings (SSSR count). The summed E-state index contributed by atoms with van der Waals surface area (Å²) in [7, 11) is 1.52. The number of cyclic esters (lactones) is 1. The van der Waals surface area contributed by atoms with E-state index in [0.29, 0.717) is 19.3 Å². The van der Waals surface area contributed by atoms with E-state index in [9.17, 15) is 30.0 Å². The third-order valence-electron chi connectivity index (χ3n) is 11.2. The van der Waals surface area contributed by atoms with Crippen molar-refractivity contribution in [1.82, 2.24) is 0 Å². The molecule has 284 valence electrons. The van der Waals surface area contributed by atoms with Crippen LogP contribution in [0.4, 0.5) is 0 Å². The first-order chi connectivity index (χ1) is 23.3. The molecular weight excluding hydrogens is 648 g/mol. The number of aliphatic hydroxyl groups excluding tert-OH is 2. The van der Waals surface area contributed by atoms with Gasteiger partial charge in [0.25, 0.3) is 0 Å². The van der Waals surface area contributed by atoms with Crippen LogP contribution in [0.25, 0.3) is 0 Å². The smallest absolute Gasteiger partial charge is 0.308 e. The highest BCUT2D eigenvalue weighted by Gasteiger charge is 2.58. The minimum atomic E-state index is -1.86. The van der Waals surface area contributed by atoms with Gasteiger partial charge < -0.3 is 48.8 Å². The largest absolute Gasteiger partial charge is 0.462 e. The number of carbonyl (C=O) groups is 2. The van der Waals surface area contributed by atoms with Crippen LogP contribution in [0.1, 0.15) is 107 Å². The Hall–Kier alpha value is -2.16. The summed E-state index contributed by atoms with van der Waals surface area (Å²) < 4.78 is 36.7. The van der Waals surface area contributed by atoms with Crippen molar-refractivity contribution in [3.05, 3.63) is 35.5 Å². The number of rotatable bonds is 3. The van der Waals surface area contributed by atoms with Crippen LogP contribution in [0.3, 0.4) is 0 Å². The molecule has 4 N–H and O–H groups in total. The third kappa shape index (κ3) is 8.71. The molecule has 11 atom stereocenters. The molecule has 0 saturated carbocycles. The summed E-state index contributed by atoms with van der Waals surface area (Å²) in [6, 6.07) is 0. The highest BCUT2D eigenvalue weighted by Crippen LogP contribution is 2.50. The average molecular weight is 709 g/mol. The molecule has 12 heteroatoms. The van der Waals surface area contributed by atoms with Gasteiger partial charge in [0.15, 0.2) is 5.79 Å². The fraction of sp³-hybridized carbons (Fsp3) is 0.789. The highest BCUT2D eigenvalue weighted by molar-refractivity contribution is 5.70. The van der Waals surface area contributed by atoms with Crippen LogP contribution in [0.15, 0.2) is 35.5 Å². The molecule has 0 aromatic heterocycles. The quantitative estimate of drug-likeness (QED) is 0.244. The molecule has 4 aliphatic rings. The Morgan fingerprint density at radius 1 is 0.980 bits per heavy atom. The summed E-state index contributed by atoms with van der Waals surface area (Å²) in [6.07, 6.45) is 1.91. The minimum Gasteiger partial charge on any atom is -0.462 e. The van der Waals surface area contributed by atoms with Crippen molar-refractivity contribution in [3.63, 3.8) is 0 Å². The van der Waals surface area contributed by atoms with Crippen LogP contribution < -0.4 is 0 Å². The van der Waals surface area contributed by atoms with Gasteiger partial charge >= 0.3 is 11.9 Å². The molecule has 50 heavy (non-hydrogen) atoms. The zero-order chi connectivity index (χ0) is 37.2. The van der Waals surface area contributed by atoms with E-state index >= 15 is 0 Å². The molecule has 3 fully saturated rings. The second-order valence-corrected chi connectivity index (χ2v) is 15.7. The second kappa shape index (κ2) is 15.8. The third-order valence-corrected chi connectivity index (χ3v) is 11.2. The Bertz CT molecular complexity index is 1300. The maximum absolute atomic E-state index is 13.2. The predicted octanol–water partition coefficient (Wildman–Crippen LogP) is 4.16. The van der Waals surface area contributed by atoms with Crippen LogP contribution in [0.5, 0.6) is 0 Å². The number of ether oxygens (including phenoxy) is 6. The topological polar surface area (TPSA) is 170 Å². The maximum atomic E-state index is 13.2. The van der Waals surface area contributed by atoms with E-state index in [1.54, 1.807) is 13.8 Å². The SMILES string of the molecule is CC=C1CC2/C=C/C(C)(C)C3(O)OC(CC(=CC)C3OC)CC(C(C)O)OC(=O)CC(O)CC3CC(OC(C)=O)C(C)(C)C(O)(CC(C1)O2)O3. The first kappa shape index (κ1) is 40.6. The molecule has 0 aromatic rings. The maximum Gasteiger partial charge on any atom is 0.308 e. The number of hydrogen-bond acceptors (Lipinski definition) is 12. The minimum absolute atomic E-state index is 0.0404. The van der Waals surface area contributed by atoms with Gasteiger partial charge in [-0.3, -0.25) is 9.59 Å². The van der Waals surface area contributed by atoms with E-state index in [-0.39, 0.29) is 25.7 Å². The lowest BCUT2D eigenvalue weighted by atomic mass is 9.70. The van der Waals surface area contributed by atoms with E-state index in [4.69, 9.17) is 28.4 Å². The molecule has 4 heterocycles. The Kier molecular flexibility index (Phi) is 12.9. The Morgan fingerprint density at radius 3 is 2.28 bits per heavy atom. The molecule has 0 spiro atoms. The molecule has 0 amide bonds. The number of hydrogen-bond donors (Lipinski definition) is 4. The number of carbonyl (C=O) groups excluding carboxylic acids is 2. The van der Waals surface area contributed by atoms with Crippen molar-refractivity contribution in [2.75, 3.05) is 7.11 Å². The van der Waals surface area contributed by atoms with Gasteiger partial charge in [-0.05, 0) is 45.6 Å². The van der Waals surface area contributed by atoms with Crippen molar-refractivity contribution >= 4 is 11.9 Å². The van der Waals surface area contributed by atoms with Crippen LogP contribution in [0.2, 0.25) is 0 Å². The molecule has 0 radical (unpaired) electrons. The Labute approximate surface area is 296 Å². The number of aliphatic hydroxyl groups is 4.